The van der Waals surface area contributed by atoms with E-state index in [0.29, 0.717) is 110 Å². The molecule has 0 aromatic heterocycles. The molecule has 4 atom stereocenters. The van der Waals surface area contributed by atoms with Gasteiger partial charge in [0.05, 0.1) is 12.1 Å². The van der Waals surface area contributed by atoms with E-state index in [4.69, 9.17) is 11.5 Å². The summed E-state index contributed by atoms with van der Waals surface area (Å²) in [6, 6.07) is -1.99. The minimum Gasteiger partial charge on any atom is -0.370 e. The van der Waals surface area contributed by atoms with Gasteiger partial charge < -0.3 is 41.7 Å². The highest BCUT2D eigenvalue weighted by Crippen LogP contribution is 2.34. The molecule has 0 saturated carbocycles. The lowest BCUT2D eigenvalue weighted by Gasteiger charge is -2.44. The van der Waals surface area contributed by atoms with Crippen molar-refractivity contribution in [3.63, 3.8) is 0 Å². The van der Waals surface area contributed by atoms with Gasteiger partial charge in [-0.15, -0.1) is 0 Å². The van der Waals surface area contributed by atoms with Gasteiger partial charge in [0, 0.05) is 65.2 Å². The number of nitrogens with two attached hydrogens (primary N) is 2. The normalized spacial score (nSPS) is 22.8. The van der Waals surface area contributed by atoms with Gasteiger partial charge in [-0.3, -0.25) is 28.8 Å². The number of carbonyl (C=O) groups is 6. The quantitative estimate of drug-likeness (QED) is 0.172. The van der Waals surface area contributed by atoms with Crippen molar-refractivity contribution in [2.24, 2.45) is 34.1 Å². The average Bonchev–Trinajstić information content (AvgIpc) is 3.14. The Morgan fingerprint density at radius 3 is 1.46 bits per heavy atom. The summed E-state index contributed by atoms with van der Waals surface area (Å²) in [5, 5.41) is 6.84. The molecule has 6 N–H and O–H groups in total. The zero-order chi connectivity index (χ0) is 42.5. The van der Waals surface area contributed by atoms with Crippen LogP contribution in [-0.2, 0) is 28.8 Å². The van der Waals surface area contributed by atoms with Crippen LogP contribution in [0, 0.1) is 22.7 Å². The molecule has 4 rings (SSSR count). The molecule has 0 aromatic rings. The van der Waals surface area contributed by atoms with Crippen molar-refractivity contribution in [2.45, 2.75) is 163 Å². The van der Waals surface area contributed by atoms with Gasteiger partial charge in [-0.2, -0.15) is 0 Å². The standard InChI is InChI=1S/C41H72N8O6.C2H6/c1-7-8-9-32(38(54)46-18-11-28(12-19-46)24-34(42)50)48-22-17-45-31(37(48)53)27-41(5,6)15-10-33(39(55)47-20-13-29(14-21-47)25-35(43)51)49-23-16-44-30(36(49)52)26-40(2,3)4;1-2/h28-33,44-45H,7-27H2,1-6H3,(H2,42,50)(H2,43,51);1-2H3/t30-,31-,32-,33-;/m0./s1. The van der Waals surface area contributed by atoms with Crippen LogP contribution in [0.5, 0.6) is 0 Å². The SMILES string of the molecule is CC.CCCC[C@@H](C(=O)N1CCC(CC(N)=O)CC1)N1CCN[C@@H](CC(C)(C)CC[C@@H](C(=O)N2CCC(CC(N)=O)CC2)N2CCN[C@@H](CC(C)(C)C)C2=O)C1=O. The van der Waals surface area contributed by atoms with E-state index in [0.717, 1.165) is 25.7 Å². The highest BCUT2D eigenvalue weighted by atomic mass is 16.2. The summed E-state index contributed by atoms with van der Waals surface area (Å²) in [6.45, 7) is 21.0. The zero-order valence-corrected chi connectivity index (χ0v) is 36.7. The predicted molar refractivity (Wildman–Crippen MR) is 223 cm³/mol. The van der Waals surface area contributed by atoms with Crippen molar-refractivity contribution < 1.29 is 28.8 Å². The third-order valence-corrected chi connectivity index (χ3v) is 12.3. The molecule has 0 spiro atoms. The second-order valence-electron chi connectivity index (χ2n) is 18.8. The number of primary amides is 2. The van der Waals surface area contributed by atoms with Crippen LogP contribution < -0.4 is 22.1 Å². The number of carbonyl (C=O) groups excluding carboxylic acids is 6. The third-order valence-electron chi connectivity index (χ3n) is 12.3. The number of hydrogen-bond donors (Lipinski definition) is 4. The van der Waals surface area contributed by atoms with Gasteiger partial charge in [0.15, 0.2) is 0 Å². The topological polar surface area (TPSA) is 191 Å². The fourth-order valence-corrected chi connectivity index (χ4v) is 9.17. The lowest BCUT2D eigenvalue weighted by Crippen LogP contribution is -2.63. The third kappa shape index (κ3) is 14.5. The molecule has 0 aliphatic carbocycles. The van der Waals surface area contributed by atoms with E-state index in [1.165, 1.54) is 0 Å². The number of nitrogens with one attached hydrogen (secondary N) is 2. The largest absolute Gasteiger partial charge is 0.370 e. The van der Waals surface area contributed by atoms with Crippen LogP contribution in [-0.4, -0.2) is 132 Å². The van der Waals surface area contributed by atoms with Crippen molar-refractivity contribution in [1.29, 1.82) is 0 Å². The molecular formula is C43H78N8O6. The molecule has 0 radical (unpaired) electrons. The van der Waals surface area contributed by atoms with Gasteiger partial charge in [0.1, 0.15) is 12.1 Å². The Hall–Kier alpha value is -3.26. The number of unbranched alkanes of at least 4 members (excludes halogenated alkanes) is 1. The number of hydrogen-bond acceptors (Lipinski definition) is 8. The Bertz CT molecular complexity index is 1350. The first kappa shape index (κ1) is 48.1. The second kappa shape index (κ2) is 22.2. The molecular weight excluding hydrogens is 725 g/mol. The fourth-order valence-electron chi connectivity index (χ4n) is 9.17. The van der Waals surface area contributed by atoms with Crippen molar-refractivity contribution in [3.05, 3.63) is 0 Å². The van der Waals surface area contributed by atoms with Crippen molar-refractivity contribution in [1.82, 2.24) is 30.2 Å². The Kier molecular flexibility index (Phi) is 18.7. The van der Waals surface area contributed by atoms with Gasteiger partial charge in [-0.05, 0) is 80.5 Å². The molecule has 0 unspecified atom stereocenters. The molecule has 0 aromatic carbocycles. The van der Waals surface area contributed by atoms with Gasteiger partial charge in [-0.1, -0.05) is 68.2 Å². The van der Waals surface area contributed by atoms with Gasteiger partial charge >= 0.3 is 0 Å². The average molecular weight is 803 g/mol. The number of piperidine rings is 2. The maximum absolute atomic E-state index is 14.4. The van der Waals surface area contributed by atoms with Crippen LogP contribution >= 0.6 is 0 Å². The minimum absolute atomic E-state index is 0.00953. The maximum atomic E-state index is 14.4. The van der Waals surface area contributed by atoms with Crippen molar-refractivity contribution >= 4 is 35.4 Å². The summed E-state index contributed by atoms with van der Waals surface area (Å²) in [5.74, 6) is -0.449. The first-order valence-electron chi connectivity index (χ1n) is 22.1. The Labute approximate surface area is 343 Å². The van der Waals surface area contributed by atoms with Crippen molar-refractivity contribution in [3.8, 4) is 0 Å². The number of piperazine rings is 2. The number of amides is 6. The first-order valence-corrected chi connectivity index (χ1v) is 22.1. The smallest absolute Gasteiger partial charge is 0.245 e. The molecule has 0 bridgehead atoms. The van der Waals surface area contributed by atoms with E-state index in [-0.39, 0.29) is 64.2 Å². The molecule has 6 amide bonds. The molecule has 4 aliphatic rings. The highest BCUT2D eigenvalue weighted by Gasteiger charge is 2.43. The summed E-state index contributed by atoms with van der Waals surface area (Å²) in [4.78, 5) is 87.0. The molecule has 4 aliphatic heterocycles. The maximum Gasteiger partial charge on any atom is 0.245 e. The van der Waals surface area contributed by atoms with Crippen LogP contribution in [0.4, 0.5) is 0 Å². The monoisotopic (exact) mass is 803 g/mol. The molecule has 4 saturated heterocycles. The van der Waals surface area contributed by atoms with E-state index in [1.807, 2.05) is 23.6 Å². The molecule has 326 valence electrons. The second-order valence-corrected chi connectivity index (χ2v) is 18.8. The van der Waals surface area contributed by atoms with Crippen LogP contribution in [0.25, 0.3) is 0 Å². The lowest BCUT2D eigenvalue weighted by molar-refractivity contribution is -0.151. The summed E-state index contributed by atoms with van der Waals surface area (Å²) >= 11 is 0. The summed E-state index contributed by atoms with van der Waals surface area (Å²) < 4.78 is 0. The molecule has 4 heterocycles. The number of rotatable bonds is 17. The van der Waals surface area contributed by atoms with E-state index < -0.39 is 18.1 Å². The number of likely N-dealkylation sites (tertiary alicyclic amines) is 2. The number of nitrogens with zero attached hydrogens (tertiary/aromatic N) is 4. The highest BCUT2D eigenvalue weighted by molar-refractivity contribution is 5.91. The first-order chi connectivity index (χ1) is 26.9. The van der Waals surface area contributed by atoms with Crippen molar-refractivity contribution in [2.75, 3.05) is 52.4 Å². The van der Waals surface area contributed by atoms with E-state index in [2.05, 4.69) is 52.2 Å². The van der Waals surface area contributed by atoms with Crippen LogP contribution in [0.3, 0.4) is 0 Å². The lowest BCUT2D eigenvalue weighted by atomic mass is 9.79. The zero-order valence-electron chi connectivity index (χ0n) is 36.7. The van der Waals surface area contributed by atoms with Gasteiger partial charge in [-0.25, -0.2) is 0 Å². The van der Waals surface area contributed by atoms with E-state index >= 15 is 0 Å². The summed E-state index contributed by atoms with van der Waals surface area (Å²) in [5.41, 5.74) is 10.5. The van der Waals surface area contributed by atoms with Crippen LogP contribution in [0.1, 0.15) is 139 Å². The van der Waals surface area contributed by atoms with E-state index in [9.17, 15) is 28.8 Å². The Morgan fingerprint density at radius 2 is 1.07 bits per heavy atom. The minimum atomic E-state index is -0.626. The molecule has 4 fully saturated rings. The summed E-state index contributed by atoms with van der Waals surface area (Å²) in [6.07, 6.45) is 8.16. The van der Waals surface area contributed by atoms with Crippen LogP contribution in [0.15, 0.2) is 0 Å². The van der Waals surface area contributed by atoms with E-state index in [1.54, 1.807) is 9.80 Å². The summed E-state index contributed by atoms with van der Waals surface area (Å²) in [7, 11) is 0. The molecule has 57 heavy (non-hydrogen) atoms. The van der Waals surface area contributed by atoms with Gasteiger partial charge in [0.2, 0.25) is 35.4 Å². The predicted octanol–water partition coefficient (Wildman–Crippen LogP) is 3.40. The van der Waals surface area contributed by atoms with Gasteiger partial charge in [0.25, 0.3) is 0 Å². The fraction of sp³-hybridized carbons (Fsp3) is 0.860. The van der Waals surface area contributed by atoms with Crippen LogP contribution in [0.2, 0.25) is 0 Å². The Balaban J connectivity index is 0.00000428. The molecule has 14 heteroatoms. The Morgan fingerprint density at radius 1 is 0.667 bits per heavy atom. The molecule has 14 nitrogen and oxygen atoms in total.